The number of ether oxygens (including phenoxy) is 1. The predicted molar refractivity (Wildman–Crippen MR) is 104 cm³/mol. The summed E-state index contributed by atoms with van der Waals surface area (Å²) in [5, 5.41) is 12.9. The van der Waals surface area contributed by atoms with Crippen LogP contribution in [0.4, 0.5) is 0 Å². The summed E-state index contributed by atoms with van der Waals surface area (Å²) in [4.78, 5) is 28.9. The molecule has 2 rings (SSSR count). The molecule has 27 heavy (non-hydrogen) atoms. The summed E-state index contributed by atoms with van der Waals surface area (Å²) >= 11 is 0. The number of carboxylic acid groups (broad SMARTS) is 1. The maximum absolute atomic E-state index is 12.9. The van der Waals surface area contributed by atoms with Crippen molar-refractivity contribution in [1.29, 1.82) is 0 Å². The summed E-state index contributed by atoms with van der Waals surface area (Å²) in [5.74, 6) is -0.677. The fraction of sp³-hybridized carbons (Fsp3) is 0.600. The van der Waals surface area contributed by atoms with Gasteiger partial charge in [0, 0.05) is 19.1 Å². The maximum atomic E-state index is 12.9. The second kappa shape index (κ2) is 8.71. The van der Waals surface area contributed by atoms with Crippen molar-refractivity contribution in [2.45, 2.75) is 31.3 Å². The molecule has 1 fully saturated rings. The summed E-state index contributed by atoms with van der Waals surface area (Å²) < 4.78 is 5.22. The molecule has 150 valence electrons. The van der Waals surface area contributed by atoms with E-state index in [4.69, 9.17) is 4.74 Å². The topological polar surface area (TPSA) is 82.1 Å². The molecule has 1 aliphatic heterocycles. The number of nitrogens with zero attached hydrogens (tertiary/aromatic N) is 2. The number of amides is 1. The molecule has 2 N–H and O–H groups in total. The molecule has 1 aliphatic rings. The number of carbonyl (C=O) groups excluding carboxylic acids is 1. The van der Waals surface area contributed by atoms with Gasteiger partial charge in [-0.3, -0.25) is 14.5 Å². The number of carbonyl (C=O) groups is 2. The van der Waals surface area contributed by atoms with Gasteiger partial charge in [0.25, 0.3) is 0 Å². The lowest BCUT2D eigenvalue weighted by atomic mass is 9.87. The predicted octanol–water partition coefficient (Wildman–Crippen LogP) is 1.60. The Kier molecular flexibility index (Phi) is 6.84. The Labute approximate surface area is 161 Å². The minimum absolute atomic E-state index is 0.0962. The van der Waals surface area contributed by atoms with Crippen molar-refractivity contribution in [1.82, 2.24) is 15.1 Å². The van der Waals surface area contributed by atoms with Gasteiger partial charge in [-0.05, 0) is 51.7 Å². The van der Waals surface area contributed by atoms with Gasteiger partial charge in [0.15, 0.2) is 0 Å². The minimum Gasteiger partial charge on any atom is -0.497 e. The molecule has 1 aromatic carbocycles. The third-order valence-electron chi connectivity index (χ3n) is 5.67. The summed E-state index contributed by atoms with van der Waals surface area (Å²) in [7, 11) is 7.30. The first kappa shape index (κ1) is 21.2. The van der Waals surface area contributed by atoms with Gasteiger partial charge in [-0.25, -0.2) is 0 Å². The van der Waals surface area contributed by atoms with Crippen LogP contribution in [-0.4, -0.2) is 73.7 Å². The van der Waals surface area contributed by atoms with E-state index in [1.54, 1.807) is 14.2 Å². The van der Waals surface area contributed by atoms with E-state index in [-0.39, 0.29) is 11.9 Å². The quantitative estimate of drug-likeness (QED) is 0.716. The van der Waals surface area contributed by atoms with Gasteiger partial charge >= 0.3 is 5.97 Å². The highest BCUT2D eigenvalue weighted by Gasteiger charge is 2.56. The van der Waals surface area contributed by atoms with Gasteiger partial charge in [0.05, 0.1) is 13.0 Å². The zero-order valence-corrected chi connectivity index (χ0v) is 16.9. The third kappa shape index (κ3) is 4.25. The Bertz CT molecular complexity index is 662. The largest absolute Gasteiger partial charge is 0.497 e. The zero-order chi connectivity index (χ0) is 20.2. The van der Waals surface area contributed by atoms with Crippen molar-refractivity contribution in [3.05, 3.63) is 29.8 Å². The summed E-state index contributed by atoms with van der Waals surface area (Å²) in [6, 6.07) is 7.21. The Morgan fingerprint density at radius 3 is 2.44 bits per heavy atom. The van der Waals surface area contributed by atoms with Crippen molar-refractivity contribution in [2.24, 2.45) is 5.92 Å². The van der Waals surface area contributed by atoms with Crippen LogP contribution in [0.1, 0.15) is 31.4 Å². The van der Waals surface area contributed by atoms with Crippen LogP contribution >= 0.6 is 0 Å². The minimum atomic E-state index is -1.05. The lowest BCUT2D eigenvalue weighted by molar-refractivity contribution is -0.150. The van der Waals surface area contributed by atoms with Gasteiger partial charge < -0.3 is 20.1 Å². The molecule has 0 saturated carbocycles. The molecule has 3 atom stereocenters. The number of rotatable bonds is 8. The molecule has 1 aromatic rings. The van der Waals surface area contributed by atoms with E-state index in [0.717, 1.165) is 17.9 Å². The third-order valence-corrected chi connectivity index (χ3v) is 5.67. The van der Waals surface area contributed by atoms with Gasteiger partial charge in [-0.1, -0.05) is 19.1 Å². The smallest absolute Gasteiger partial charge is 0.324 e. The highest BCUT2D eigenvalue weighted by molar-refractivity contribution is 5.85. The van der Waals surface area contributed by atoms with Gasteiger partial charge in [-0.2, -0.15) is 0 Å². The number of nitrogens with one attached hydrogen (secondary N) is 1. The molecule has 0 aliphatic carbocycles. The summed E-state index contributed by atoms with van der Waals surface area (Å²) in [6.45, 7) is 3.13. The molecule has 0 aromatic heterocycles. The molecular weight excluding hydrogens is 346 g/mol. The van der Waals surface area contributed by atoms with E-state index < -0.39 is 17.4 Å². The molecule has 1 saturated heterocycles. The second-order valence-corrected chi connectivity index (χ2v) is 7.42. The number of carboxylic acids is 1. The first-order valence-electron chi connectivity index (χ1n) is 9.29. The molecule has 0 bridgehead atoms. The van der Waals surface area contributed by atoms with Crippen molar-refractivity contribution in [2.75, 3.05) is 41.3 Å². The SMILES string of the molecule is CC[C@@]1(C(=O)O)C[C@H](C(=O)NCCN(C)C)[C@H](c2ccc(OC)cc2)N1C. The van der Waals surface area contributed by atoms with E-state index in [1.165, 1.54) is 0 Å². The van der Waals surface area contributed by atoms with Crippen LogP contribution in [0.15, 0.2) is 24.3 Å². The van der Waals surface area contributed by atoms with Crippen LogP contribution in [0.5, 0.6) is 5.75 Å². The van der Waals surface area contributed by atoms with Crippen LogP contribution in [-0.2, 0) is 9.59 Å². The van der Waals surface area contributed by atoms with Crippen molar-refractivity contribution in [3.63, 3.8) is 0 Å². The van der Waals surface area contributed by atoms with E-state index in [9.17, 15) is 14.7 Å². The van der Waals surface area contributed by atoms with E-state index >= 15 is 0 Å². The van der Waals surface area contributed by atoms with Crippen LogP contribution in [0.3, 0.4) is 0 Å². The lowest BCUT2D eigenvalue weighted by Crippen LogP contribution is -2.48. The fourth-order valence-electron chi connectivity index (χ4n) is 3.97. The maximum Gasteiger partial charge on any atom is 0.324 e. The van der Waals surface area contributed by atoms with Gasteiger partial charge in [0.2, 0.25) is 5.91 Å². The Hall–Kier alpha value is -2.12. The molecule has 0 radical (unpaired) electrons. The number of likely N-dealkylation sites (N-methyl/N-ethyl adjacent to an activating group) is 2. The highest BCUT2D eigenvalue weighted by Crippen LogP contribution is 2.47. The Balaban J connectivity index is 2.34. The summed E-state index contributed by atoms with van der Waals surface area (Å²) in [6.07, 6.45) is 0.729. The lowest BCUT2D eigenvalue weighted by Gasteiger charge is -2.34. The van der Waals surface area contributed by atoms with Gasteiger partial charge in [-0.15, -0.1) is 0 Å². The molecule has 0 unspecified atom stereocenters. The highest BCUT2D eigenvalue weighted by atomic mass is 16.5. The Morgan fingerprint density at radius 1 is 1.33 bits per heavy atom. The fourth-order valence-corrected chi connectivity index (χ4v) is 3.97. The molecular formula is C20H31N3O4. The molecule has 7 nitrogen and oxygen atoms in total. The number of benzene rings is 1. The van der Waals surface area contributed by atoms with E-state index in [0.29, 0.717) is 19.4 Å². The number of methoxy groups -OCH3 is 1. The van der Waals surface area contributed by atoms with E-state index in [2.05, 4.69) is 5.32 Å². The molecule has 0 spiro atoms. The second-order valence-electron chi connectivity index (χ2n) is 7.42. The first-order valence-corrected chi connectivity index (χ1v) is 9.29. The van der Waals surface area contributed by atoms with Crippen molar-refractivity contribution in [3.8, 4) is 5.75 Å². The number of aliphatic carboxylic acids is 1. The van der Waals surface area contributed by atoms with Crippen LogP contribution in [0.25, 0.3) is 0 Å². The monoisotopic (exact) mass is 377 g/mol. The molecule has 1 amide bonds. The average Bonchev–Trinajstić information content (AvgIpc) is 2.95. The van der Waals surface area contributed by atoms with Crippen LogP contribution < -0.4 is 10.1 Å². The van der Waals surface area contributed by atoms with Gasteiger partial charge in [0.1, 0.15) is 11.3 Å². The van der Waals surface area contributed by atoms with Crippen LogP contribution in [0, 0.1) is 5.92 Å². The van der Waals surface area contributed by atoms with Crippen LogP contribution in [0.2, 0.25) is 0 Å². The number of hydrogen-bond acceptors (Lipinski definition) is 5. The molecule has 7 heteroatoms. The number of hydrogen-bond donors (Lipinski definition) is 2. The zero-order valence-electron chi connectivity index (χ0n) is 16.9. The number of likely N-dealkylation sites (tertiary alicyclic amines) is 1. The normalized spacial score (nSPS) is 25.6. The summed E-state index contributed by atoms with van der Waals surface area (Å²) in [5.41, 5.74) is -0.128. The average molecular weight is 377 g/mol. The first-order chi connectivity index (χ1) is 12.8. The van der Waals surface area contributed by atoms with Crippen molar-refractivity contribution >= 4 is 11.9 Å². The van der Waals surface area contributed by atoms with Crippen molar-refractivity contribution < 1.29 is 19.4 Å². The Morgan fingerprint density at radius 2 is 1.96 bits per heavy atom. The standard InChI is InChI=1S/C20H31N3O4/c1-6-20(19(25)26)13-16(18(24)21-11-12-22(2)3)17(23(20)4)14-7-9-15(27-5)10-8-14/h7-10,16-17H,6,11-13H2,1-5H3,(H,21,24)(H,25,26)/t16-,17-,20-/m0/s1. The molecule has 1 heterocycles. The van der Waals surface area contributed by atoms with E-state index in [1.807, 2.05) is 55.1 Å².